The van der Waals surface area contributed by atoms with Gasteiger partial charge in [0.05, 0.1) is 12.9 Å². The van der Waals surface area contributed by atoms with Gasteiger partial charge in [-0.05, 0) is 31.5 Å². The SMILES string of the molecule is CCNC(CCCS(=O)(=O)CC)c1c(F)cccc1OC. The van der Waals surface area contributed by atoms with Gasteiger partial charge in [-0.15, -0.1) is 0 Å². The highest BCUT2D eigenvalue weighted by molar-refractivity contribution is 7.91. The molecule has 1 rings (SSSR count). The molecule has 6 heteroatoms. The third-order valence-electron chi connectivity index (χ3n) is 3.42. The second kappa shape index (κ2) is 8.34. The molecule has 0 radical (unpaired) electrons. The van der Waals surface area contributed by atoms with Crippen LogP contribution in [0.2, 0.25) is 0 Å². The number of halogens is 1. The van der Waals surface area contributed by atoms with Crippen molar-refractivity contribution in [3.05, 3.63) is 29.6 Å². The normalized spacial score (nSPS) is 13.1. The van der Waals surface area contributed by atoms with Crippen LogP contribution in [0.1, 0.15) is 38.3 Å². The van der Waals surface area contributed by atoms with Gasteiger partial charge in [0.2, 0.25) is 0 Å². The van der Waals surface area contributed by atoms with Gasteiger partial charge < -0.3 is 10.1 Å². The van der Waals surface area contributed by atoms with Crippen molar-refractivity contribution in [2.75, 3.05) is 25.2 Å². The fourth-order valence-corrected chi connectivity index (χ4v) is 3.18. The van der Waals surface area contributed by atoms with Crippen molar-refractivity contribution in [2.45, 2.75) is 32.7 Å². The molecule has 1 atom stereocenters. The summed E-state index contributed by atoms with van der Waals surface area (Å²) in [6, 6.07) is 4.46. The molecule has 1 N–H and O–H groups in total. The van der Waals surface area contributed by atoms with E-state index < -0.39 is 9.84 Å². The molecule has 0 saturated heterocycles. The fraction of sp³-hybridized carbons (Fsp3) is 0.600. The number of benzene rings is 1. The molecule has 120 valence electrons. The van der Waals surface area contributed by atoms with Crippen LogP contribution in [0.5, 0.6) is 5.75 Å². The molecule has 0 spiro atoms. The highest BCUT2D eigenvalue weighted by Gasteiger charge is 2.20. The van der Waals surface area contributed by atoms with Gasteiger partial charge in [-0.3, -0.25) is 0 Å². The predicted octanol–water partition coefficient (Wildman–Crippen LogP) is 2.70. The zero-order valence-electron chi connectivity index (χ0n) is 12.9. The molecule has 1 aromatic rings. The molecule has 0 bridgehead atoms. The number of methoxy groups -OCH3 is 1. The van der Waals surface area contributed by atoms with Gasteiger partial charge >= 0.3 is 0 Å². The van der Waals surface area contributed by atoms with Crippen LogP contribution in [0, 0.1) is 5.82 Å². The smallest absolute Gasteiger partial charge is 0.150 e. The Labute approximate surface area is 126 Å². The van der Waals surface area contributed by atoms with E-state index in [0.717, 1.165) is 0 Å². The highest BCUT2D eigenvalue weighted by atomic mass is 32.2. The largest absolute Gasteiger partial charge is 0.496 e. The Morgan fingerprint density at radius 1 is 1.33 bits per heavy atom. The Hall–Kier alpha value is -1.14. The van der Waals surface area contributed by atoms with Crippen LogP contribution in [0.15, 0.2) is 18.2 Å². The molecule has 0 heterocycles. The van der Waals surface area contributed by atoms with Crippen LogP contribution >= 0.6 is 0 Å². The van der Waals surface area contributed by atoms with Gasteiger partial charge in [0.1, 0.15) is 21.4 Å². The maximum Gasteiger partial charge on any atom is 0.150 e. The van der Waals surface area contributed by atoms with Crippen LogP contribution in [0.25, 0.3) is 0 Å². The summed E-state index contributed by atoms with van der Waals surface area (Å²) in [5.41, 5.74) is 0.468. The molecule has 1 unspecified atom stereocenters. The molecule has 4 nitrogen and oxygen atoms in total. The number of hydrogen-bond acceptors (Lipinski definition) is 4. The van der Waals surface area contributed by atoms with Gasteiger partial charge in [-0.25, -0.2) is 12.8 Å². The van der Waals surface area contributed by atoms with E-state index in [0.29, 0.717) is 30.7 Å². The van der Waals surface area contributed by atoms with Crippen molar-refractivity contribution in [1.29, 1.82) is 0 Å². The first kappa shape index (κ1) is 17.9. The zero-order valence-corrected chi connectivity index (χ0v) is 13.7. The summed E-state index contributed by atoms with van der Waals surface area (Å²) in [6.45, 7) is 4.24. The van der Waals surface area contributed by atoms with Gasteiger partial charge in [0, 0.05) is 17.4 Å². The van der Waals surface area contributed by atoms with E-state index in [1.807, 2.05) is 6.92 Å². The molecule has 0 aliphatic rings. The minimum Gasteiger partial charge on any atom is -0.496 e. The van der Waals surface area contributed by atoms with Crippen molar-refractivity contribution in [3.63, 3.8) is 0 Å². The number of hydrogen-bond donors (Lipinski definition) is 1. The molecule has 1 aromatic carbocycles. The van der Waals surface area contributed by atoms with Crippen molar-refractivity contribution >= 4 is 9.84 Å². The second-order valence-electron chi connectivity index (χ2n) is 4.84. The lowest BCUT2D eigenvalue weighted by molar-refractivity contribution is 0.386. The molecule has 0 aliphatic carbocycles. The average Bonchev–Trinajstić information content (AvgIpc) is 2.46. The minimum absolute atomic E-state index is 0.127. The van der Waals surface area contributed by atoms with E-state index in [-0.39, 0.29) is 23.4 Å². The number of sulfone groups is 1. The third-order valence-corrected chi connectivity index (χ3v) is 5.21. The predicted molar refractivity (Wildman–Crippen MR) is 82.9 cm³/mol. The Morgan fingerprint density at radius 2 is 2.05 bits per heavy atom. The van der Waals surface area contributed by atoms with Crippen molar-refractivity contribution in [2.24, 2.45) is 0 Å². The van der Waals surface area contributed by atoms with Crippen LogP contribution in [0.4, 0.5) is 4.39 Å². The molecule has 21 heavy (non-hydrogen) atoms. The Morgan fingerprint density at radius 3 is 2.62 bits per heavy atom. The first-order valence-electron chi connectivity index (χ1n) is 7.21. The lowest BCUT2D eigenvalue weighted by Gasteiger charge is -2.21. The van der Waals surface area contributed by atoms with Gasteiger partial charge in [0.25, 0.3) is 0 Å². The maximum absolute atomic E-state index is 14.1. The summed E-state index contributed by atoms with van der Waals surface area (Å²) in [4.78, 5) is 0. The minimum atomic E-state index is -2.99. The lowest BCUT2D eigenvalue weighted by atomic mass is 10.0. The highest BCUT2D eigenvalue weighted by Crippen LogP contribution is 2.30. The van der Waals surface area contributed by atoms with E-state index >= 15 is 0 Å². The fourth-order valence-electron chi connectivity index (χ4n) is 2.28. The topological polar surface area (TPSA) is 55.4 Å². The summed E-state index contributed by atoms with van der Waals surface area (Å²) < 4.78 is 42.4. The van der Waals surface area contributed by atoms with E-state index in [1.54, 1.807) is 19.1 Å². The van der Waals surface area contributed by atoms with Gasteiger partial charge in [0.15, 0.2) is 0 Å². The van der Waals surface area contributed by atoms with E-state index in [4.69, 9.17) is 4.74 Å². The van der Waals surface area contributed by atoms with Gasteiger partial charge in [-0.2, -0.15) is 0 Å². The van der Waals surface area contributed by atoms with Crippen molar-refractivity contribution in [1.82, 2.24) is 5.32 Å². The Kier molecular flexibility index (Phi) is 7.11. The monoisotopic (exact) mass is 317 g/mol. The van der Waals surface area contributed by atoms with Crippen molar-refractivity contribution in [3.8, 4) is 5.75 Å². The summed E-state index contributed by atoms with van der Waals surface area (Å²) in [7, 11) is -1.49. The maximum atomic E-state index is 14.1. The van der Waals surface area contributed by atoms with Crippen molar-refractivity contribution < 1.29 is 17.5 Å². The Balaban J connectivity index is 2.87. The van der Waals surface area contributed by atoms with Crippen LogP contribution in [-0.4, -0.2) is 33.6 Å². The van der Waals surface area contributed by atoms with Crippen LogP contribution in [-0.2, 0) is 9.84 Å². The second-order valence-corrected chi connectivity index (χ2v) is 7.32. The first-order valence-corrected chi connectivity index (χ1v) is 9.03. The Bertz CT molecular complexity index is 546. The number of nitrogens with one attached hydrogen (secondary N) is 1. The van der Waals surface area contributed by atoms with E-state index in [1.165, 1.54) is 13.2 Å². The molecule has 0 saturated carbocycles. The summed E-state index contributed by atoms with van der Waals surface area (Å²) in [5.74, 6) is 0.419. The third kappa shape index (κ3) is 5.28. The van der Waals surface area contributed by atoms with E-state index in [9.17, 15) is 12.8 Å². The summed E-state index contributed by atoms with van der Waals surface area (Å²) in [6.07, 6.45) is 1.04. The number of ether oxygens (including phenoxy) is 1. The first-order chi connectivity index (χ1) is 9.95. The summed E-state index contributed by atoms with van der Waals surface area (Å²) >= 11 is 0. The molecule has 0 amide bonds. The molecule has 0 aromatic heterocycles. The molecule has 0 fully saturated rings. The number of rotatable bonds is 9. The summed E-state index contributed by atoms with van der Waals surface area (Å²) in [5, 5.41) is 3.20. The molecular formula is C15H24FNO3S. The standard InChI is InChI=1S/C15H24FNO3S/c1-4-17-13(9-7-11-21(18,19)5-2)15-12(16)8-6-10-14(15)20-3/h6,8,10,13,17H,4-5,7,9,11H2,1-3H3. The molecular weight excluding hydrogens is 293 g/mol. The quantitative estimate of drug-likeness (QED) is 0.761. The van der Waals surface area contributed by atoms with E-state index in [2.05, 4.69) is 5.32 Å². The van der Waals surface area contributed by atoms with Crippen LogP contribution in [0.3, 0.4) is 0 Å². The van der Waals surface area contributed by atoms with Crippen LogP contribution < -0.4 is 10.1 Å². The molecule has 0 aliphatic heterocycles. The van der Waals surface area contributed by atoms with Gasteiger partial charge in [-0.1, -0.05) is 19.9 Å². The average molecular weight is 317 g/mol. The zero-order chi connectivity index (χ0) is 15.9. The lowest BCUT2D eigenvalue weighted by Crippen LogP contribution is -2.23.